The molecule has 2 bridgehead atoms. The van der Waals surface area contributed by atoms with Crippen molar-refractivity contribution in [2.75, 3.05) is 0 Å². The van der Waals surface area contributed by atoms with Crippen LogP contribution in [0, 0.1) is 17.8 Å². The molecule has 168 valence electrons. The summed E-state index contributed by atoms with van der Waals surface area (Å²) in [6, 6.07) is 4.61. The molecule has 9 heteroatoms. The summed E-state index contributed by atoms with van der Waals surface area (Å²) in [6.07, 6.45) is 5.86. The summed E-state index contributed by atoms with van der Waals surface area (Å²) in [6.45, 7) is 2.79. The number of nitrogens with two attached hydrogens (primary N) is 1. The Morgan fingerprint density at radius 3 is 2.61 bits per heavy atom. The SMILES string of the molecule is CCCCn1c(COC(=O)C2CC3CCCC(C2)C3=O)nc2cc(S(N)(=O)=O)ccc21. The van der Waals surface area contributed by atoms with Crippen LogP contribution in [0.2, 0.25) is 0 Å². The molecule has 1 aromatic carbocycles. The lowest BCUT2D eigenvalue weighted by molar-refractivity contribution is -0.155. The predicted molar refractivity (Wildman–Crippen MR) is 114 cm³/mol. The second kappa shape index (κ2) is 8.70. The van der Waals surface area contributed by atoms with Crippen LogP contribution in [0.25, 0.3) is 11.0 Å². The summed E-state index contributed by atoms with van der Waals surface area (Å²) in [5.74, 6) is 0.378. The molecule has 8 nitrogen and oxygen atoms in total. The van der Waals surface area contributed by atoms with Crippen LogP contribution in [0.15, 0.2) is 23.1 Å². The van der Waals surface area contributed by atoms with Crippen LogP contribution in [0.3, 0.4) is 0 Å². The maximum Gasteiger partial charge on any atom is 0.309 e. The van der Waals surface area contributed by atoms with Gasteiger partial charge in [-0.15, -0.1) is 0 Å². The number of sulfonamides is 1. The van der Waals surface area contributed by atoms with E-state index in [9.17, 15) is 18.0 Å². The van der Waals surface area contributed by atoms with Crippen molar-refractivity contribution in [2.45, 2.75) is 69.9 Å². The molecule has 1 aromatic heterocycles. The largest absolute Gasteiger partial charge is 0.457 e. The van der Waals surface area contributed by atoms with Crippen LogP contribution in [0.1, 0.15) is 57.7 Å². The van der Waals surface area contributed by atoms with Gasteiger partial charge in [-0.25, -0.2) is 18.5 Å². The summed E-state index contributed by atoms with van der Waals surface area (Å²) in [7, 11) is -3.83. The number of carbonyl (C=O) groups excluding carboxylic acids is 2. The van der Waals surface area contributed by atoms with E-state index in [1.54, 1.807) is 6.07 Å². The van der Waals surface area contributed by atoms with Gasteiger partial charge in [-0.2, -0.15) is 0 Å². The number of Topliss-reactive ketones (excluding diaryl/α,β-unsaturated/α-hetero) is 1. The van der Waals surface area contributed by atoms with Crippen molar-refractivity contribution >= 4 is 32.8 Å². The number of nitrogens with zero attached hydrogens (tertiary/aromatic N) is 2. The number of fused-ring (bicyclic) bond motifs is 3. The Morgan fingerprint density at radius 1 is 1.26 bits per heavy atom. The second-order valence-electron chi connectivity index (χ2n) is 8.73. The monoisotopic (exact) mass is 447 g/mol. The van der Waals surface area contributed by atoms with Crippen molar-refractivity contribution in [3.63, 3.8) is 0 Å². The number of ether oxygens (including phenoxy) is 1. The first-order chi connectivity index (χ1) is 14.8. The van der Waals surface area contributed by atoms with Crippen molar-refractivity contribution in [3.05, 3.63) is 24.0 Å². The minimum atomic E-state index is -3.83. The predicted octanol–water partition coefficient (Wildman–Crippen LogP) is 2.92. The number of unbranched alkanes of at least 4 members (excludes halogenated alkanes) is 1. The Bertz CT molecular complexity index is 1090. The fourth-order valence-corrected chi connectivity index (χ4v) is 5.47. The highest BCUT2D eigenvalue weighted by Crippen LogP contribution is 2.40. The number of rotatable bonds is 7. The van der Waals surface area contributed by atoms with E-state index in [0.717, 1.165) is 37.6 Å². The van der Waals surface area contributed by atoms with Gasteiger partial charge in [0, 0.05) is 18.4 Å². The van der Waals surface area contributed by atoms with Crippen LogP contribution in [0.4, 0.5) is 0 Å². The molecule has 0 saturated heterocycles. The summed E-state index contributed by atoms with van der Waals surface area (Å²) in [5.41, 5.74) is 1.29. The van der Waals surface area contributed by atoms with E-state index in [4.69, 9.17) is 9.88 Å². The van der Waals surface area contributed by atoms with Gasteiger partial charge in [0.1, 0.15) is 18.2 Å². The van der Waals surface area contributed by atoms with E-state index in [-0.39, 0.29) is 35.2 Å². The number of hydrogen-bond acceptors (Lipinski definition) is 6. The lowest BCUT2D eigenvalue weighted by atomic mass is 9.67. The van der Waals surface area contributed by atoms with Crippen LogP contribution in [-0.2, 0) is 37.5 Å². The molecule has 0 radical (unpaired) electrons. The molecule has 2 aromatic rings. The normalized spacial score (nSPS) is 23.8. The maximum atomic E-state index is 12.8. The summed E-state index contributed by atoms with van der Waals surface area (Å²) in [5, 5.41) is 5.25. The molecule has 4 rings (SSSR count). The number of ketones is 1. The van der Waals surface area contributed by atoms with Gasteiger partial charge in [-0.1, -0.05) is 19.8 Å². The average Bonchev–Trinajstić information content (AvgIpc) is 3.06. The van der Waals surface area contributed by atoms with E-state index in [0.29, 0.717) is 36.5 Å². The molecule has 2 aliphatic rings. The summed E-state index contributed by atoms with van der Waals surface area (Å²) >= 11 is 0. The number of hydrogen-bond donors (Lipinski definition) is 1. The Kier molecular flexibility index (Phi) is 6.16. The number of aromatic nitrogens is 2. The Balaban J connectivity index is 1.53. The van der Waals surface area contributed by atoms with Gasteiger partial charge in [-0.05, 0) is 50.3 Å². The number of imidazole rings is 1. The van der Waals surface area contributed by atoms with E-state index < -0.39 is 10.0 Å². The van der Waals surface area contributed by atoms with Gasteiger partial charge >= 0.3 is 5.97 Å². The van der Waals surface area contributed by atoms with E-state index in [1.165, 1.54) is 12.1 Å². The zero-order valence-corrected chi connectivity index (χ0v) is 18.6. The standard InChI is InChI=1S/C22H29N3O5S/c1-2-3-9-25-19-8-7-17(31(23,28)29)12-18(19)24-20(25)13-30-22(27)16-10-14-5-4-6-15(11-16)21(14)26/h7-8,12,14-16H,2-6,9-11,13H2,1H3,(H2,23,28,29). The van der Waals surface area contributed by atoms with Crippen LogP contribution in [0.5, 0.6) is 0 Å². The topological polar surface area (TPSA) is 121 Å². The molecular weight excluding hydrogens is 418 g/mol. The zero-order valence-electron chi connectivity index (χ0n) is 17.7. The minimum absolute atomic E-state index is 0.00194. The van der Waals surface area contributed by atoms with Crippen LogP contribution < -0.4 is 5.14 Å². The third kappa shape index (κ3) is 4.52. The molecule has 2 unspecified atom stereocenters. The number of aryl methyl sites for hydroxylation is 1. The summed E-state index contributed by atoms with van der Waals surface area (Å²) < 4.78 is 31.0. The number of primary sulfonamides is 1. The Morgan fingerprint density at radius 2 is 1.97 bits per heavy atom. The number of esters is 1. The summed E-state index contributed by atoms with van der Waals surface area (Å²) in [4.78, 5) is 29.6. The highest BCUT2D eigenvalue weighted by atomic mass is 32.2. The molecule has 31 heavy (non-hydrogen) atoms. The first-order valence-corrected chi connectivity index (χ1v) is 12.5. The van der Waals surface area contributed by atoms with Gasteiger partial charge in [0.25, 0.3) is 0 Å². The quantitative estimate of drug-likeness (QED) is 0.651. The smallest absolute Gasteiger partial charge is 0.309 e. The number of benzene rings is 1. The third-order valence-electron chi connectivity index (χ3n) is 6.59. The zero-order chi connectivity index (χ0) is 22.2. The highest BCUT2D eigenvalue weighted by molar-refractivity contribution is 7.89. The fourth-order valence-electron chi connectivity index (χ4n) is 4.94. The van der Waals surface area contributed by atoms with Crippen LogP contribution in [-0.4, -0.2) is 29.7 Å². The average molecular weight is 448 g/mol. The van der Waals surface area contributed by atoms with E-state index in [1.807, 2.05) is 4.57 Å². The van der Waals surface area contributed by atoms with Crippen molar-refractivity contribution in [1.29, 1.82) is 0 Å². The maximum absolute atomic E-state index is 12.8. The van der Waals surface area contributed by atoms with Crippen LogP contribution >= 0.6 is 0 Å². The molecule has 0 spiro atoms. The Hall–Kier alpha value is -2.26. The van der Waals surface area contributed by atoms with E-state index >= 15 is 0 Å². The van der Waals surface area contributed by atoms with Gasteiger partial charge in [-0.3, -0.25) is 9.59 Å². The molecule has 0 amide bonds. The van der Waals surface area contributed by atoms with E-state index in [2.05, 4.69) is 11.9 Å². The van der Waals surface area contributed by atoms with Gasteiger partial charge in [0.15, 0.2) is 0 Å². The third-order valence-corrected chi connectivity index (χ3v) is 7.50. The molecule has 1 heterocycles. The lowest BCUT2D eigenvalue weighted by Gasteiger charge is -2.36. The van der Waals surface area contributed by atoms with Crippen molar-refractivity contribution < 1.29 is 22.7 Å². The minimum Gasteiger partial charge on any atom is -0.457 e. The van der Waals surface area contributed by atoms with Crippen molar-refractivity contribution in [1.82, 2.24) is 9.55 Å². The highest BCUT2D eigenvalue weighted by Gasteiger charge is 2.41. The van der Waals surface area contributed by atoms with Gasteiger partial charge in [0.2, 0.25) is 10.0 Å². The lowest BCUT2D eigenvalue weighted by Crippen LogP contribution is -2.39. The molecule has 2 fully saturated rings. The first kappa shape index (κ1) is 22.0. The Labute approximate surface area is 182 Å². The van der Waals surface area contributed by atoms with Gasteiger partial charge in [0.05, 0.1) is 21.8 Å². The molecule has 0 aliphatic heterocycles. The van der Waals surface area contributed by atoms with Gasteiger partial charge < -0.3 is 9.30 Å². The molecule has 2 saturated carbocycles. The molecule has 2 atom stereocenters. The first-order valence-electron chi connectivity index (χ1n) is 11.0. The van der Waals surface area contributed by atoms with Crippen molar-refractivity contribution in [3.8, 4) is 0 Å². The number of carbonyl (C=O) groups is 2. The molecule has 2 aliphatic carbocycles. The fraction of sp³-hybridized carbons (Fsp3) is 0.591. The molecule has 2 N–H and O–H groups in total. The molecular formula is C22H29N3O5S. The van der Waals surface area contributed by atoms with Crippen molar-refractivity contribution in [2.24, 2.45) is 22.9 Å². The second-order valence-corrected chi connectivity index (χ2v) is 10.3.